The van der Waals surface area contributed by atoms with Crippen molar-refractivity contribution in [1.29, 1.82) is 0 Å². The van der Waals surface area contributed by atoms with E-state index in [-0.39, 0.29) is 29.3 Å². The summed E-state index contributed by atoms with van der Waals surface area (Å²) in [5.41, 5.74) is -0.565. The maximum Gasteiger partial charge on any atom is 0.371 e. The molecule has 0 radical (unpaired) electrons. The third kappa shape index (κ3) is 2.73. The van der Waals surface area contributed by atoms with E-state index in [4.69, 9.17) is 14.2 Å². The molecular formula is C22H28O8. The topological polar surface area (TPSA) is 119 Å². The lowest BCUT2D eigenvalue weighted by atomic mass is 9.53. The van der Waals surface area contributed by atoms with Crippen molar-refractivity contribution in [1.82, 2.24) is 0 Å². The summed E-state index contributed by atoms with van der Waals surface area (Å²) in [6, 6.07) is 0. The molecule has 5 atom stereocenters. The molecule has 3 aliphatic carbocycles. The highest BCUT2D eigenvalue weighted by Crippen LogP contribution is 2.62. The highest BCUT2D eigenvalue weighted by molar-refractivity contribution is 6.09. The molecule has 0 aromatic heterocycles. The molecule has 5 unspecified atom stereocenters. The van der Waals surface area contributed by atoms with E-state index in [1.807, 2.05) is 0 Å². The zero-order valence-corrected chi connectivity index (χ0v) is 17.7. The molecule has 0 aromatic rings. The number of hydrogen-bond donors (Lipinski definition) is 2. The number of allylic oxidation sites excluding steroid dienone is 2. The Labute approximate surface area is 174 Å². The first-order valence-electron chi connectivity index (χ1n) is 10.3. The van der Waals surface area contributed by atoms with Crippen molar-refractivity contribution < 1.29 is 38.8 Å². The van der Waals surface area contributed by atoms with Gasteiger partial charge in [0, 0.05) is 25.2 Å². The molecule has 1 saturated heterocycles. The second-order valence-electron chi connectivity index (χ2n) is 9.37. The number of fused-ring (bicyclic) bond motifs is 4. The third-order valence-corrected chi connectivity index (χ3v) is 7.53. The minimum Gasteiger partial charge on any atom is -0.458 e. The quantitative estimate of drug-likeness (QED) is 0.516. The van der Waals surface area contributed by atoms with Gasteiger partial charge in [-0.3, -0.25) is 9.59 Å². The molecule has 2 fully saturated rings. The molecule has 2 N–H and O–H groups in total. The SMILES string of the molecule is COCC1OC(=O)C(O)(O)C2=CC(=O)C3=C(C(OC(C)=O)CC4(C)CCCC34)C21C. The number of methoxy groups -OCH3 is 1. The lowest BCUT2D eigenvalue weighted by Crippen LogP contribution is -2.63. The van der Waals surface area contributed by atoms with Crippen molar-refractivity contribution in [3.05, 3.63) is 22.8 Å². The number of carbonyl (C=O) groups excluding carboxylic acids is 3. The summed E-state index contributed by atoms with van der Waals surface area (Å²) in [5, 5.41) is 21.2. The van der Waals surface area contributed by atoms with Crippen LogP contribution in [-0.2, 0) is 28.6 Å². The van der Waals surface area contributed by atoms with Crippen LogP contribution in [0.3, 0.4) is 0 Å². The van der Waals surface area contributed by atoms with E-state index in [1.54, 1.807) is 6.92 Å². The average molecular weight is 420 g/mol. The predicted octanol–water partition coefficient (Wildman–Crippen LogP) is 1.19. The van der Waals surface area contributed by atoms with Crippen molar-refractivity contribution >= 4 is 17.7 Å². The number of ether oxygens (including phenoxy) is 3. The second-order valence-corrected chi connectivity index (χ2v) is 9.37. The molecule has 1 saturated carbocycles. The lowest BCUT2D eigenvalue weighted by molar-refractivity contribution is -0.229. The normalized spacial score (nSPS) is 39.5. The van der Waals surface area contributed by atoms with E-state index >= 15 is 0 Å². The van der Waals surface area contributed by atoms with Crippen LogP contribution >= 0.6 is 0 Å². The Hall–Kier alpha value is -2.03. The minimum atomic E-state index is -2.95. The molecule has 4 aliphatic rings. The molecular weight excluding hydrogens is 392 g/mol. The van der Waals surface area contributed by atoms with Crippen LogP contribution in [0.2, 0.25) is 0 Å². The lowest BCUT2D eigenvalue weighted by Gasteiger charge is -2.55. The van der Waals surface area contributed by atoms with E-state index in [1.165, 1.54) is 14.0 Å². The summed E-state index contributed by atoms with van der Waals surface area (Å²) in [4.78, 5) is 37.6. The van der Waals surface area contributed by atoms with Crippen LogP contribution in [0.4, 0.5) is 0 Å². The van der Waals surface area contributed by atoms with Gasteiger partial charge < -0.3 is 24.4 Å². The van der Waals surface area contributed by atoms with E-state index < -0.39 is 35.3 Å². The maximum absolute atomic E-state index is 13.3. The number of esters is 2. The first-order chi connectivity index (χ1) is 14.0. The van der Waals surface area contributed by atoms with Gasteiger partial charge in [0.1, 0.15) is 12.2 Å². The summed E-state index contributed by atoms with van der Waals surface area (Å²) < 4.78 is 16.4. The van der Waals surface area contributed by atoms with Crippen LogP contribution in [0.15, 0.2) is 22.8 Å². The summed E-state index contributed by atoms with van der Waals surface area (Å²) >= 11 is 0. The fourth-order valence-electron chi connectivity index (χ4n) is 6.18. The standard InChI is InChI=1S/C22H28O8/c1-11(23)29-14-9-20(2)7-5-6-12(20)17-13(24)8-15-21(3,18(14)17)16(10-28-4)30-19(25)22(15,26)27/h8,12,14,16,26-27H,5-7,9-10H2,1-4H3. The van der Waals surface area contributed by atoms with Crippen LogP contribution < -0.4 is 0 Å². The van der Waals surface area contributed by atoms with Crippen LogP contribution in [-0.4, -0.2) is 59.6 Å². The Bertz CT molecular complexity index is 884. The monoisotopic (exact) mass is 420 g/mol. The van der Waals surface area contributed by atoms with Gasteiger partial charge in [-0.05, 0) is 49.2 Å². The Morgan fingerprint density at radius 2 is 2.00 bits per heavy atom. The largest absolute Gasteiger partial charge is 0.458 e. The summed E-state index contributed by atoms with van der Waals surface area (Å²) in [5.74, 6) is -5.10. The molecule has 8 heteroatoms. The van der Waals surface area contributed by atoms with Gasteiger partial charge in [0.15, 0.2) is 5.78 Å². The average Bonchev–Trinajstić information content (AvgIpc) is 3.02. The van der Waals surface area contributed by atoms with Crippen molar-refractivity contribution in [2.75, 3.05) is 13.7 Å². The molecule has 0 spiro atoms. The molecule has 0 amide bonds. The fraction of sp³-hybridized carbons (Fsp3) is 0.682. The van der Waals surface area contributed by atoms with Crippen molar-refractivity contribution in [3.8, 4) is 0 Å². The van der Waals surface area contributed by atoms with Crippen molar-refractivity contribution in [3.63, 3.8) is 0 Å². The Morgan fingerprint density at radius 1 is 1.30 bits per heavy atom. The van der Waals surface area contributed by atoms with Gasteiger partial charge in [-0.2, -0.15) is 0 Å². The number of rotatable bonds is 3. The highest BCUT2D eigenvalue weighted by Gasteiger charge is 2.65. The molecule has 1 aliphatic heterocycles. The predicted molar refractivity (Wildman–Crippen MR) is 103 cm³/mol. The third-order valence-electron chi connectivity index (χ3n) is 7.53. The first kappa shape index (κ1) is 21.2. The van der Waals surface area contributed by atoms with Crippen LogP contribution in [0, 0.1) is 16.7 Å². The van der Waals surface area contributed by atoms with Crippen LogP contribution in [0.5, 0.6) is 0 Å². The van der Waals surface area contributed by atoms with Gasteiger partial charge in [0.05, 0.1) is 12.0 Å². The molecule has 30 heavy (non-hydrogen) atoms. The molecule has 164 valence electrons. The van der Waals surface area contributed by atoms with E-state index in [0.29, 0.717) is 17.6 Å². The minimum absolute atomic E-state index is 0.0185. The molecule has 0 aromatic carbocycles. The fourth-order valence-corrected chi connectivity index (χ4v) is 6.18. The molecule has 1 heterocycles. The van der Waals surface area contributed by atoms with Gasteiger partial charge in [0.2, 0.25) is 0 Å². The van der Waals surface area contributed by atoms with Gasteiger partial charge in [-0.1, -0.05) is 13.3 Å². The zero-order chi connectivity index (χ0) is 22.1. The molecule has 8 nitrogen and oxygen atoms in total. The number of aliphatic hydroxyl groups is 2. The van der Waals surface area contributed by atoms with Gasteiger partial charge >= 0.3 is 11.9 Å². The molecule has 0 bridgehead atoms. The number of cyclic esters (lactones) is 1. The summed E-state index contributed by atoms with van der Waals surface area (Å²) in [7, 11) is 1.45. The van der Waals surface area contributed by atoms with Crippen LogP contribution in [0.25, 0.3) is 0 Å². The van der Waals surface area contributed by atoms with E-state index in [0.717, 1.165) is 25.3 Å². The van der Waals surface area contributed by atoms with Gasteiger partial charge in [-0.25, -0.2) is 4.79 Å². The Morgan fingerprint density at radius 3 is 2.63 bits per heavy atom. The van der Waals surface area contributed by atoms with E-state index in [2.05, 4.69) is 6.92 Å². The second kappa shape index (κ2) is 6.73. The number of ketones is 1. The smallest absolute Gasteiger partial charge is 0.371 e. The zero-order valence-electron chi connectivity index (χ0n) is 17.7. The summed E-state index contributed by atoms with van der Waals surface area (Å²) in [6.07, 6.45) is 2.72. The maximum atomic E-state index is 13.3. The Kier molecular flexibility index (Phi) is 4.76. The first-order valence-corrected chi connectivity index (χ1v) is 10.3. The van der Waals surface area contributed by atoms with Crippen molar-refractivity contribution in [2.45, 2.75) is 64.4 Å². The Balaban J connectivity index is 1.98. The van der Waals surface area contributed by atoms with Gasteiger partial charge in [-0.15, -0.1) is 0 Å². The van der Waals surface area contributed by atoms with Crippen LogP contribution in [0.1, 0.15) is 46.5 Å². The number of carbonyl (C=O) groups is 3. The van der Waals surface area contributed by atoms with E-state index in [9.17, 15) is 24.6 Å². The summed E-state index contributed by atoms with van der Waals surface area (Å²) in [6.45, 7) is 5.10. The number of hydrogen-bond acceptors (Lipinski definition) is 8. The van der Waals surface area contributed by atoms with Gasteiger partial charge in [0.25, 0.3) is 5.79 Å². The molecule has 4 rings (SSSR count). The highest BCUT2D eigenvalue weighted by atomic mass is 16.6. The van der Waals surface area contributed by atoms with Crippen molar-refractivity contribution in [2.24, 2.45) is 16.7 Å².